The van der Waals surface area contributed by atoms with Gasteiger partial charge in [0.05, 0.1) is 12.3 Å². The zero-order chi connectivity index (χ0) is 8.97. The summed E-state index contributed by atoms with van der Waals surface area (Å²) < 4.78 is 5.06. The van der Waals surface area contributed by atoms with Gasteiger partial charge in [0.25, 0.3) is 0 Å². The van der Waals surface area contributed by atoms with Gasteiger partial charge in [0, 0.05) is 12.8 Å². The fraction of sp³-hybridized carbons (Fsp3) is 0.500. The second-order valence-electron chi connectivity index (χ2n) is 2.85. The van der Waals surface area contributed by atoms with Crippen molar-refractivity contribution < 1.29 is 4.74 Å². The maximum atomic E-state index is 5.06. The van der Waals surface area contributed by atoms with E-state index in [1.807, 2.05) is 13.0 Å². The van der Waals surface area contributed by atoms with E-state index in [4.69, 9.17) is 4.74 Å². The van der Waals surface area contributed by atoms with Crippen molar-refractivity contribution in [3.05, 3.63) is 29.1 Å². The minimum Gasteiger partial charge on any atom is -0.378 e. The van der Waals surface area contributed by atoms with Crippen LogP contribution in [0.1, 0.15) is 23.9 Å². The number of aryl methyl sites for hydroxylation is 2. The van der Waals surface area contributed by atoms with E-state index >= 15 is 0 Å². The molecule has 0 radical (unpaired) electrons. The van der Waals surface area contributed by atoms with E-state index in [9.17, 15) is 0 Å². The number of ether oxygens (including phenoxy) is 1. The predicted octanol–water partition coefficient (Wildman–Crippen LogP) is 2.10. The molecule has 1 aromatic rings. The first-order valence-electron chi connectivity index (χ1n) is 4.22. The molecule has 0 unspecified atom stereocenters. The van der Waals surface area contributed by atoms with Crippen LogP contribution in [0.2, 0.25) is 0 Å². The van der Waals surface area contributed by atoms with Crippen LogP contribution in [0.5, 0.6) is 0 Å². The summed E-state index contributed by atoms with van der Waals surface area (Å²) in [5, 5.41) is 0. The van der Waals surface area contributed by atoms with Crippen molar-refractivity contribution >= 4 is 0 Å². The molecule has 0 aliphatic rings. The maximum absolute atomic E-state index is 5.06. The van der Waals surface area contributed by atoms with Gasteiger partial charge in [0.2, 0.25) is 0 Å². The number of nitrogens with zero attached hydrogens (tertiary/aromatic N) is 1. The van der Waals surface area contributed by atoms with Crippen molar-refractivity contribution in [2.24, 2.45) is 0 Å². The minimum absolute atomic E-state index is 0.616. The van der Waals surface area contributed by atoms with E-state index in [2.05, 4.69) is 18.0 Å². The highest BCUT2D eigenvalue weighted by Crippen LogP contribution is 2.09. The van der Waals surface area contributed by atoms with E-state index < -0.39 is 0 Å². The summed E-state index contributed by atoms with van der Waals surface area (Å²) in [7, 11) is 1.70. The van der Waals surface area contributed by atoms with E-state index in [0.717, 1.165) is 17.8 Å². The van der Waals surface area contributed by atoms with Crippen molar-refractivity contribution in [3.8, 4) is 0 Å². The molecule has 0 bridgehead atoms. The van der Waals surface area contributed by atoms with Gasteiger partial charge in [-0.25, -0.2) is 0 Å². The number of hydrogen-bond donors (Lipinski definition) is 0. The fourth-order valence-corrected chi connectivity index (χ4v) is 1.22. The van der Waals surface area contributed by atoms with Crippen LogP contribution in [0.15, 0.2) is 12.1 Å². The van der Waals surface area contributed by atoms with Crippen LogP contribution in [0, 0.1) is 6.92 Å². The van der Waals surface area contributed by atoms with Gasteiger partial charge in [-0.1, -0.05) is 13.0 Å². The zero-order valence-corrected chi connectivity index (χ0v) is 7.92. The summed E-state index contributed by atoms with van der Waals surface area (Å²) >= 11 is 0. The van der Waals surface area contributed by atoms with Crippen molar-refractivity contribution in [1.29, 1.82) is 0 Å². The minimum atomic E-state index is 0.616. The number of pyridine rings is 1. The van der Waals surface area contributed by atoms with Crippen LogP contribution < -0.4 is 0 Å². The molecular formula is C10H15NO. The van der Waals surface area contributed by atoms with Crippen LogP contribution >= 0.6 is 0 Å². The van der Waals surface area contributed by atoms with Crippen LogP contribution in [0.4, 0.5) is 0 Å². The Morgan fingerprint density at radius 1 is 1.42 bits per heavy atom. The molecule has 0 amide bonds. The molecule has 0 saturated carbocycles. The SMILES string of the molecule is CCc1ccc(C)nc1COC. The molecule has 1 rings (SSSR count). The van der Waals surface area contributed by atoms with Gasteiger partial charge in [-0.2, -0.15) is 0 Å². The molecular weight excluding hydrogens is 150 g/mol. The molecule has 66 valence electrons. The summed E-state index contributed by atoms with van der Waals surface area (Å²) in [6.45, 7) is 4.74. The van der Waals surface area contributed by atoms with Gasteiger partial charge >= 0.3 is 0 Å². The Bertz CT molecular complexity index is 258. The Labute approximate surface area is 73.6 Å². The van der Waals surface area contributed by atoms with Crippen LogP contribution in [0.25, 0.3) is 0 Å². The molecule has 0 aliphatic carbocycles. The predicted molar refractivity (Wildman–Crippen MR) is 49.1 cm³/mol. The lowest BCUT2D eigenvalue weighted by Crippen LogP contribution is -1.99. The zero-order valence-electron chi connectivity index (χ0n) is 7.92. The molecule has 2 heteroatoms. The Balaban J connectivity index is 2.95. The molecule has 0 spiro atoms. The normalized spacial score (nSPS) is 10.2. The maximum Gasteiger partial charge on any atom is 0.0886 e. The third-order valence-corrected chi connectivity index (χ3v) is 1.87. The molecule has 1 aromatic heterocycles. The summed E-state index contributed by atoms with van der Waals surface area (Å²) in [6, 6.07) is 4.16. The van der Waals surface area contributed by atoms with Gasteiger partial charge < -0.3 is 4.74 Å². The van der Waals surface area contributed by atoms with E-state index in [0.29, 0.717) is 6.61 Å². The first kappa shape index (κ1) is 9.20. The highest BCUT2D eigenvalue weighted by Gasteiger charge is 2.01. The first-order chi connectivity index (χ1) is 5.77. The Kier molecular flexibility index (Phi) is 3.23. The lowest BCUT2D eigenvalue weighted by molar-refractivity contribution is 0.180. The van der Waals surface area contributed by atoms with Crippen molar-refractivity contribution in [2.75, 3.05) is 7.11 Å². The van der Waals surface area contributed by atoms with E-state index in [1.54, 1.807) is 7.11 Å². The van der Waals surface area contributed by atoms with Gasteiger partial charge in [-0.3, -0.25) is 4.98 Å². The summed E-state index contributed by atoms with van der Waals surface area (Å²) in [4.78, 5) is 4.41. The molecule has 0 aromatic carbocycles. The topological polar surface area (TPSA) is 22.1 Å². The molecule has 1 heterocycles. The fourth-order valence-electron chi connectivity index (χ4n) is 1.22. The van der Waals surface area contributed by atoms with Gasteiger partial charge in [-0.05, 0) is 25.0 Å². The molecule has 0 fully saturated rings. The molecule has 0 saturated heterocycles. The molecule has 0 aliphatic heterocycles. The standard InChI is InChI=1S/C10H15NO/c1-4-9-6-5-8(2)11-10(9)7-12-3/h5-6H,4,7H2,1-3H3. The Hall–Kier alpha value is -0.890. The largest absolute Gasteiger partial charge is 0.378 e. The number of methoxy groups -OCH3 is 1. The Morgan fingerprint density at radius 3 is 2.75 bits per heavy atom. The number of rotatable bonds is 3. The van der Waals surface area contributed by atoms with Gasteiger partial charge in [0.1, 0.15) is 0 Å². The average Bonchev–Trinajstić information content (AvgIpc) is 2.05. The second kappa shape index (κ2) is 4.21. The highest BCUT2D eigenvalue weighted by atomic mass is 16.5. The third kappa shape index (κ3) is 2.05. The molecule has 0 N–H and O–H groups in total. The molecule has 12 heavy (non-hydrogen) atoms. The number of aromatic nitrogens is 1. The third-order valence-electron chi connectivity index (χ3n) is 1.87. The highest BCUT2D eigenvalue weighted by molar-refractivity contribution is 5.22. The number of hydrogen-bond acceptors (Lipinski definition) is 2. The van der Waals surface area contributed by atoms with E-state index in [1.165, 1.54) is 5.56 Å². The van der Waals surface area contributed by atoms with E-state index in [-0.39, 0.29) is 0 Å². The van der Waals surface area contributed by atoms with Crippen molar-refractivity contribution in [3.63, 3.8) is 0 Å². The van der Waals surface area contributed by atoms with Crippen LogP contribution in [0.3, 0.4) is 0 Å². The van der Waals surface area contributed by atoms with Crippen LogP contribution in [-0.2, 0) is 17.8 Å². The lowest BCUT2D eigenvalue weighted by Gasteiger charge is -2.06. The summed E-state index contributed by atoms with van der Waals surface area (Å²) in [6.07, 6.45) is 1.02. The quantitative estimate of drug-likeness (QED) is 0.684. The van der Waals surface area contributed by atoms with Crippen molar-refractivity contribution in [2.45, 2.75) is 26.9 Å². The summed E-state index contributed by atoms with van der Waals surface area (Å²) in [5.41, 5.74) is 3.40. The first-order valence-corrected chi connectivity index (χ1v) is 4.22. The monoisotopic (exact) mass is 165 g/mol. The van der Waals surface area contributed by atoms with Crippen molar-refractivity contribution in [1.82, 2.24) is 4.98 Å². The second-order valence-corrected chi connectivity index (χ2v) is 2.85. The van der Waals surface area contributed by atoms with Crippen LogP contribution in [-0.4, -0.2) is 12.1 Å². The summed E-state index contributed by atoms with van der Waals surface area (Å²) in [5.74, 6) is 0. The molecule has 0 atom stereocenters. The van der Waals surface area contributed by atoms with Gasteiger partial charge in [0.15, 0.2) is 0 Å². The molecule has 2 nitrogen and oxygen atoms in total. The smallest absolute Gasteiger partial charge is 0.0886 e. The Morgan fingerprint density at radius 2 is 2.17 bits per heavy atom. The lowest BCUT2D eigenvalue weighted by atomic mass is 10.1. The van der Waals surface area contributed by atoms with Gasteiger partial charge in [-0.15, -0.1) is 0 Å². The average molecular weight is 165 g/mol.